The number of aliphatic hydroxyl groups excluding tert-OH is 1. The van der Waals surface area contributed by atoms with Crippen molar-refractivity contribution in [1.82, 2.24) is 19.5 Å². The van der Waals surface area contributed by atoms with E-state index in [1.165, 1.54) is 6.33 Å². The minimum absolute atomic E-state index is 0.0434. The van der Waals surface area contributed by atoms with Crippen LogP contribution in [0.25, 0.3) is 11.2 Å². The van der Waals surface area contributed by atoms with E-state index in [1.807, 2.05) is 0 Å². The molecule has 0 aromatic carbocycles. The monoisotopic (exact) mass is 336 g/mol. The molecule has 130 valence electrons. The van der Waals surface area contributed by atoms with Crippen LogP contribution in [0.5, 0.6) is 0 Å². The number of rotatable bonds is 4. The van der Waals surface area contributed by atoms with Crippen LogP contribution in [0, 0.1) is 5.92 Å². The van der Waals surface area contributed by atoms with Crippen LogP contribution in [0.15, 0.2) is 11.1 Å². The van der Waals surface area contributed by atoms with Gasteiger partial charge in [0, 0.05) is 18.9 Å². The average Bonchev–Trinajstić information content (AvgIpc) is 3.10. The van der Waals surface area contributed by atoms with Gasteiger partial charge in [-0.3, -0.25) is 24.5 Å². The Bertz CT molecular complexity index is 813. The molecule has 1 aliphatic heterocycles. The summed E-state index contributed by atoms with van der Waals surface area (Å²) in [4.78, 5) is 34.7. The number of nitrogens with one attached hydrogen (secondary N) is 2. The fraction of sp³-hybridized carbons (Fsp3) is 0.571. The zero-order valence-corrected chi connectivity index (χ0v) is 13.4. The van der Waals surface area contributed by atoms with Crippen LogP contribution in [0.1, 0.15) is 26.5 Å². The highest BCUT2D eigenvalue weighted by molar-refractivity contribution is 5.91. The van der Waals surface area contributed by atoms with Crippen LogP contribution in [-0.4, -0.2) is 49.3 Å². The molecule has 10 heteroatoms. The van der Waals surface area contributed by atoms with E-state index in [1.54, 1.807) is 18.4 Å². The number of nitrogens with two attached hydrogens (primary N) is 1. The molecule has 0 aliphatic carbocycles. The quantitative estimate of drug-likeness (QED) is 0.578. The van der Waals surface area contributed by atoms with Crippen molar-refractivity contribution in [2.75, 3.05) is 11.9 Å². The number of fused-ring (bicyclic) bond motifs is 1. The van der Waals surface area contributed by atoms with E-state index in [-0.39, 0.29) is 35.5 Å². The molecule has 5 N–H and O–H groups in total. The standard InChI is InChI=1S/C14H20N6O4/c1-6(2)12(22)18-14-17-11-10(13(23)19-14)16-5-20(11)9-3-7(21)8(4-15)24-9/h5-9,21H,3-4,15H2,1-2H3,(H2,17,18,19,22,23)/t7-,8+,9+/m0/s1. The maximum atomic E-state index is 12.1. The first-order valence-electron chi connectivity index (χ1n) is 7.72. The molecular formula is C14H20N6O4. The molecule has 2 aromatic rings. The molecule has 0 spiro atoms. The number of aromatic amines is 1. The Hall–Kier alpha value is -2.30. The lowest BCUT2D eigenvalue weighted by atomic mass is 10.2. The molecule has 1 aliphatic rings. The molecule has 0 bridgehead atoms. The number of imidazole rings is 1. The van der Waals surface area contributed by atoms with E-state index < -0.39 is 24.0 Å². The molecule has 1 saturated heterocycles. The van der Waals surface area contributed by atoms with Gasteiger partial charge in [0.15, 0.2) is 11.2 Å². The van der Waals surface area contributed by atoms with Crippen molar-refractivity contribution in [3.8, 4) is 0 Å². The normalized spacial score (nSPS) is 24.0. The van der Waals surface area contributed by atoms with Gasteiger partial charge in [-0.25, -0.2) is 4.98 Å². The van der Waals surface area contributed by atoms with Crippen LogP contribution in [0.2, 0.25) is 0 Å². The number of carbonyl (C=O) groups is 1. The average molecular weight is 336 g/mol. The van der Waals surface area contributed by atoms with Crippen LogP contribution in [0.3, 0.4) is 0 Å². The SMILES string of the molecule is CC(C)C(=O)Nc1nc2c(ncn2[C@H]2C[C@H](O)[C@@H](CN)O2)c(=O)[nH]1. The summed E-state index contributed by atoms with van der Waals surface area (Å²) in [7, 11) is 0. The first-order chi connectivity index (χ1) is 11.4. The van der Waals surface area contributed by atoms with Crippen molar-refractivity contribution in [2.45, 2.75) is 38.7 Å². The van der Waals surface area contributed by atoms with Crippen molar-refractivity contribution in [2.24, 2.45) is 11.7 Å². The zero-order chi connectivity index (χ0) is 17.4. The Morgan fingerprint density at radius 3 is 3.00 bits per heavy atom. The lowest BCUT2D eigenvalue weighted by Gasteiger charge is -2.14. The molecular weight excluding hydrogens is 316 g/mol. The maximum Gasteiger partial charge on any atom is 0.280 e. The second kappa shape index (κ2) is 6.30. The van der Waals surface area contributed by atoms with Gasteiger partial charge in [-0.15, -0.1) is 0 Å². The predicted octanol–water partition coefficient (Wildman–Crippen LogP) is -0.679. The van der Waals surface area contributed by atoms with Crippen LogP contribution in [-0.2, 0) is 9.53 Å². The van der Waals surface area contributed by atoms with Gasteiger partial charge < -0.3 is 15.6 Å². The molecule has 0 unspecified atom stereocenters. The highest BCUT2D eigenvalue weighted by Gasteiger charge is 2.35. The summed E-state index contributed by atoms with van der Waals surface area (Å²) in [6.07, 6.45) is 0.0443. The topological polar surface area (TPSA) is 148 Å². The Kier molecular flexibility index (Phi) is 4.35. The molecule has 2 aromatic heterocycles. The lowest BCUT2D eigenvalue weighted by Crippen LogP contribution is -2.29. The summed E-state index contributed by atoms with van der Waals surface area (Å²) in [5, 5.41) is 12.5. The summed E-state index contributed by atoms with van der Waals surface area (Å²) in [5.41, 5.74) is 5.49. The first-order valence-corrected chi connectivity index (χ1v) is 7.72. The van der Waals surface area contributed by atoms with E-state index in [9.17, 15) is 14.7 Å². The molecule has 1 amide bonds. The van der Waals surface area contributed by atoms with Gasteiger partial charge in [0.2, 0.25) is 11.9 Å². The van der Waals surface area contributed by atoms with Gasteiger partial charge in [-0.05, 0) is 0 Å². The van der Waals surface area contributed by atoms with Crippen molar-refractivity contribution < 1.29 is 14.6 Å². The fourth-order valence-corrected chi connectivity index (χ4v) is 2.56. The molecule has 24 heavy (non-hydrogen) atoms. The fourth-order valence-electron chi connectivity index (χ4n) is 2.56. The third-order valence-corrected chi connectivity index (χ3v) is 3.95. The number of nitrogens with zero attached hydrogens (tertiary/aromatic N) is 3. The number of amides is 1. The number of aromatic nitrogens is 4. The minimum Gasteiger partial charge on any atom is -0.390 e. The van der Waals surface area contributed by atoms with Gasteiger partial charge in [-0.1, -0.05) is 13.8 Å². The van der Waals surface area contributed by atoms with Crippen molar-refractivity contribution in [3.63, 3.8) is 0 Å². The number of carbonyl (C=O) groups excluding carboxylic acids is 1. The van der Waals surface area contributed by atoms with E-state index in [4.69, 9.17) is 10.5 Å². The van der Waals surface area contributed by atoms with Gasteiger partial charge in [0.25, 0.3) is 5.56 Å². The molecule has 0 saturated carbocycles. The number of hydrogen-bond donors (Lipinski definition) is 4. The Balaban J connectivity index is 1.97. The lowest BCUT2D eigenvalue weighted by molar-refractivity contribution is -0.118. The maximum absolute atomic E-state index is 12.1. The van der Waals surface area contributed by atoms with E-state index >= 15 is 0 Å². The van der Waals surface area contributed by atoms with Gasteiger partial charge in [-0.2, -0.15) is 4.98 Å². The predicted molar refractivity (Wildman–Crippen MR) is 85.2 cm³/mol. The van der Waals surface area contributed by atoms with Crippen molar-refractivity contribution >= 4 is 23.0 Å². The molecule has 10 nitrogen and oxygen atoms in total. The van der Waals surface area contributed by atoms with Gasteiger partial charge in [0.05, 0.1) is 18.5 Å². The molecule has 0 radical (unpaired) electrons. The van der Waals surface area contributed by atoms with Crippen molar-refractivity contribution in [1.29, 1.82) is 0 Å². The Morgan fingerprint density at radius 1 is 1.62 bits per heavy atom. The smallest absolute Gasteiger partial charge is 0.280 e. The van der Waals surface area contributed by atoms with Gasteiger partial charge >= 0.3 is 0 Å². The summed E-state index contributed by atoms with van der Waals surface area (Å²) in [6.45, 7) is 3.65. The van der Waals surface area contributed by atoms with Crippen LogP contribution < -0.4 is 16.6 Å². The molecule has 1 fully saturated rings. The number of hydrogen-bond acceptors (Lipinski definition) is 7. The zero-order valence-electron chi connectivity index (χ0n) is 13.4. The van der Waals surface area contributed by atoms with Crippen LogP contribution >= 0.6 is 0 Å². The summed E-state index contributed by atoms with van der Waals surface area (Å²) in [5.74, 6) is -0.476. The number of aliphatic hydroxyl groups is 1. The second-order valence-corrected chi connectivity index (χ2v) is 6.05. The Labute approximate surface area is 137 Å². The van der Waals surface area contributed by atoms with Crippen LogP contribution in [0.4, 0.5) is 5.95 Å². The number of ether oxygens (including phenoxy) is 1. The first kappa shape index (κ1) is 16.6. The minimum atomic E-state index is -0.695. The number of H-pyrrole nitrogens is 1. The second-order valence-electron chi connectivity index (χ2n) is 6.05. The van der Waals surface area contributed by atoms with E-state index in [0.717, 1.165) is 0 Å². The van der Waals surface area contributed by atoms with Crippen molar-refractivity contribution in [3.05, 3.63) is 16.7 Å². The van der Waals surface area contributed by atoms with E-state index in [2.05, 4.69) is 20.3 Å². The largest absolute Gasteiger partial charge is 0.390 e. The molecule has 3 atom stereocenters. The van der Waals surface area contributed by atoms with Gasteiger partial charge in [0.1, 0.15) is 6.23 Å². The van der Waals surface area contributed by atoms with E-state index in [0.29, 0.717) is 6.42 Å². The molecule has 3 rings (SSSR count). The molecule has 3 heterocycles. The summed E-state index contributed by atoms with van der Waals surface area (Å²) in [6, 6.07) is 0. The number of anilines is 1. The Morgan fingerprint density at radius 2 is 2.38 bits per heavy atom. The highest BCUT2D eigenvalue weighted by Crippen LogP contribution is 2.30. The third kappa shape index (κ3) is 2.90. The summed E-state index contributed by atoms with van der Waals surface area (Å²) >= 11 is 0. The summed E-state index contributed by atoms with van der Waals surface area (Å²) < 4.78 is 7.25. The highest BCUT2D eigenvalue weighted by atomic mass is 16.5. The third-order valence-electron chi connectivity index (χ3n) is 3.95.